The molecule has 1 rings (SSSR count). The Hall–Kier alpha value is -1.26. The Morgan fingerprint density at radius 2 is 1.84 bits per heavy atom. The van der Waals surface area contributed by atoms with Gasteiger partial charge in [0, 0.05) is 0 Å². The Morgan fingerprint density at radius 1 is 1.26 bits per heavy atom. The van der Waals surface area contributed by atoms with E-state index in [4.69, 9.17) is 4.74 Å². The molecular weight excluding hydrogens is 246 g/mol. The maximum Gasteiger partial charge on any atom is 0.408 e. The van der Waals surface area contributed by atoms with E-state index >= 15 is 0 Å². The molecule has 2 N–H and O–H groups in total. The third-order valence-corrected chi connectivity index (χ3v) is 3.71. The number of carboxylic acids is 1. The number of ether oxygens (including phenoxy) is 1. The zero-order chi connectivity index (χ0) is 14.8. The molecule has 3 atom stereocenters. The second-order valence-corrected chi connectivity index (χ2v) is 6.69. The lowest BCUT2D eigenvalue weighted by Crippen LogP contribution is -2.61. The van der Waals surface area contributed by atoms with E-state index in [0.29, 0.717) is 6.42 Å². The number of hydrogen-bond donors (Lipinski definition) is 2. The molecule has 1 fully saturated rings. The van der Waals surface area contributed by atoms with Gasteiger partial charge in [-0.25, -0.2) is 9.59 Å². The number of alkyl carbamates (subject to hydrolysis) is 1. The molecule has 1 aliphatic rings. The summed E-state index contributed by atoms with van der Waals surface area (Å²) in [5.74, 6) is -0.798. The van der Waals surface area contributed by atoms with Crippen LogP contribution in [-0.4, -0.2) is 28.3 Å². The largest absolute Gasteiger partial charge is 0.479 e. The van der Waals surface area contributed by atoms with Gasteiger partial charge in [0.05, 0.1) is 0 Å². The lowest BCUT2D eigenvalue weighted by atomic mass is 9.69. The maximum atomic E-state index is 11.9. The second kappa shape index (κ2) is 5.39. The van der Waals surface area contributed by atoms with Crippen LogP contribution in [0.25, 0.3) is 0 Å². The van der Waals surface area contributed by atoms with Crippen molar-refractivity contribution < 1.29 is 19.4 Å². The predicted octanol–water partition coefficient (Wildman–Crippen LogP) is 2.79. The van der Waals surface area contributed by atoms with Gasteiger partial charge in [-0.1, -0.05) is 20.3 Å². The van der Waals surface area contributed by atoms with E-state index in [2.05, 4.69) is 5.32 Å². The first kappa shape index (κ1) is 15.8. The molecule has 1 aliphatic carbocycles. The van der Waals surface area contributed by atoms with Crippen LogP contribution in [0.1, 0.15) is 53.9 Å². The van der Waals surface area contributed by atoms with E-state index in [-0.39, 0.29) is 11.8 Å². The molecule has 5 nitrogen and oxygen atoms in total. The van der Waals surface area contributed by atoms with Crippen LogP contribution in [0.2, 0.25) is 0 Å². The number of aliphatic carboxylic acids is 1. The average molecular weight is 271 g/mol. The topological polar surface area (TPSA) is 75.6 Å². The summed E-state index contributed by atoms with van der Waals surface area (Å²) in [4.78, 5) is 23.6. The molecule has 19 heavy (non-hydrogen) atoms. The summed E-state index contributed by atoms with van der Waals surface area (Å²) >= 11 is 0. The number of nitrogens with one attached hydrogen (secondary N) is 1. The van der Waals surface area contributed by atoms with Crippen LogP contribution in [-0.2, 0) is 9.53 Å². The first-order valence-electron chi connectivity index (χ1n) is 6.81. The highest BCUT2D eigenvalue weighted by molar-refractivity contribution is 5.85. The zero-order valence-corrected chi connectivity index (χ0v) is 12.4. The summed E-state index contributed by atoms with van der Waals surface area (Å²) in [6.45, 7) is 9.16. The van der Waals surface area contributed by atoms with Crippen molar-refractivity contribution in [3.8, 4) is 0 Å². The van der Waals surface area contributed by atoms with Gasteiger partial charge in [-0.2, -0.15) is 0 Å². The normalized spacial score (nSPS) is 31.6. The second-order valence-electron chi connectivity index (χ2n) is 6.69. The summed E-state index contributed by atoms with van der Waals surface area (Å²) < 4.78 is 5.19. The molecule has 0 saturated heterocycles. The van der Waals surface area contributed by atoms with Gasteiger partial charge < -0.3 is 15.2 Å². The van der Waals surface area contributed by atoms with Gasteiger partial charge in [0.2, 0.25) is 0 Å². The van der Waals surface area contributed by atoms with Crippen LogP contribution in [0.15, 0.2) is 0 Å². The number of carbonyl (C=O) groups is 2. The molecule has 5 heteroatoms. The standard InChI is InChI=1S/C14H25NO4/c1-9-6-7-10(2)14(8-9,11(16)17)15-12(18)19-13(3,4)5/h9-10H,6-8H2,1-5H3,(H,15,18)(H,16,17). The Bertz CT molecular complexity index is 361. The van der Waals surface area contributed by atoms with Crippen LogP contribution in [0.5, 0.6) is 0 Å². The first-order chi connectivity index (χ1) is 8.57. The van der Waals surface area contributed by atoms with Gasteiger partial charge in [-0.05, 0) is 45.4 Å². The SMILES string of the molecule is CC1CCC(C)C(NC(=O)OC(C)(C)C)(C(=O)O)C1. The average Bonchev–Trinajstić information content (AvgIpc) is 2.20. The predicted molar refractivity (Wildman–Crippen MR) is 71.9 cm³/mol. The van der Waals surface area contributed by atoms with Crippen molar-refractivity contribution in [3.63, 3.8) is 0 Å². The van der Waals surface area contributed by atoms with Crippen molar-refractivity contribution in [2.75, 3.05) is 0 Å². The molecule has 1 saturated carbocycles. The lowest BCUT2D eigenvalue weighted by molar-refractivity contribution is -0.149. The molecule has 0 heterocycles. The zero-order valence-electron chi connectivity index (χ0n) is 12.4. The van der Waals surface area contributed by atoms with Gasteiger partial charge in [0.25, 0.3) is 0 Å². The fourth-order valence-corrected chi connectivity index (χ4v) is 2.65. The summed E-state index contributed by atoms with van der Waals surface area (Å²) in [6, 6.07) is 0. The minimum absolute atomic E-state index is 0.103. The molecule has 1 amide bonds. The van der Waals surface area contributed by atoms with E-state index in [1.165, 1.54) is 0 Å². The van der Waals surface area contributed by atoms with Gasteiger partial charge >= 0.3 is 12.1 Å². The molecule has 110 valence electrons. The number of carbonyl (C=O) groups excluding carboxylic acids is 1. The molecule has 0 aromatic rings. The van der Waals surface area contributed by atoms with E-state index in [9.17, 15) is 14.7 Å². The van der Waals surface area contributed by atoms with Crippen molar-refractivity contribution in [3.05, 3.63) is 0 Å². The molecule has 3 unspecified atom stereocenters. The number of amides is 1. The van der Waals surface area contributed by atoms with Crippen molar-refractivity contribution >= 4 is 12.1 Å². The molecular formula is C14H25NO4. The van der Waals surface area contributed by atoms with Crippen molar-refractivity contribution in [2.45, 2.75) is 65.0 Å². The van der Waals surface area contributed by atoms with Crippen LogP contribution in [0.3, 0.4) is 0 Å². The third kappa shape index (κ3) is 3.85. The molecule has 0 aromatic heterocycles. The quantitative estimate of drug-likeness (QED) is 0.809. The highest BCUT2D eigenvalue weighted by atomic mass is 16.6. The van der Waals surface area contributed by atoms with Crippen LogP contribution in [0.4, 0.5) is 4.79 Å². The number of carboxylic acid groups (broad SMARTS) is 1. The Kier molecular flexibility index (Phi) is 4.48. The summed E-state index contributed by atoms with van der Waals surface area (Å²) in [5.41, 5.74) is -1.84. The van der Waals surface area contributed by atoms with E-state index in [0.717, 1.165) is 12.8 Å². The van der Waals surface area contributed by atoms with Crippen LogP contribution >= 0.6 is 0 Å². The van der Waals surface area contributed by atoms with E-state index < -0.39 is 23.2 Å². The molecule has 0 aliphatic heterocycles. The van der Waals surface area contributed by atoms with Crippen molar-refractivity contribution in [1.82, 2.24) is 5.32 Å². The van der Waals surface area contributed by atoms with Crippen molar-refractivity contribution in [1.29, 1.82) is 0 Å². The van der Waals surface area contributed by atoms with E-state index in [1.807, 2.05) is 13.8 Å². The fraction of sp³-hybridized carbons (Fsp3) is 0.857. The lowest BCUT2D eigenvalue weighted by Gasteiger charge is -2.42. The molecule has 0 bridgehead atoms. The summed E-state index contributed by atoms with van der Waals surface area (Å²) in [5, 5.41) is 12.2. The third-order valence-electron chi connectivity index (χ3n) is 3.71. The Balaban J connectivity index is 2.88. The van der Waals surface area contributed by atoms with Gasteiger partial charge in [-0.15, -0.1) is 0 Å². The van der Waals surface area contributed by atoms with Crippen molar-refractivity contribution in [2.24, 2.45) is 11.8 Å². The summed E-state index contributed by atoms with van der Waals surface area (Å²) in [6.07, 6.45) is 1.58. The Labute approximate surface area is 114 Å². The van der Waals surface area contributed by atoms with Gasteiger partial charge in [0.15, 0.2) is 0 Å². The number of rotatable bonds is 2. The number of hydrogen-bond acceptors (Lipinski definition) is 3. The smallest absolute Gasteiger partial charge is 0.408 e. The molecule has 0 spiro atoms. The van der Waals surface area contributed by atoms with Crippen LogP contribution in [0, 0.1) is 11.8 Å². The van der Waals surface area contributed by atoms with Crippen LogP contribution < -0.4 is 5.32 Å². The molecule has 0 aromatic carbocycles. The minimum atomic E-state index is -1.21. The maximum absolute atomic E-state index is 11.9. The fourth-order valence-electron chi connectivity index (χ4n) is 2.65. The Morgan fingerprint density at radius 3 is 2.32 bits per heavy atom. The highest BCUT2D eigenvalue weighted by Gasteiger charge is 2.49. The first-order valence-corrected chi connectivity index (χ1v) is 6.81. The summed E-state index contributed by atoms with van der Waals surface area (Å²) in [7, 11) is 0. The van der Waals surface area contributed by atoms with Gasteiger partial charge in [-0.3, -0.25) is 0 Å². The van der Waals surface area contributed by atoms with Gasteiger partial charge in [0.1, 0.15) is 11.1 Å². The highest BCUT2D eigenvalue weighted by Crippen LogP contribution is 2.37. The monoisotopic (exact) mass is 271 g/mol. The molecule has 0 radical (unpaired) electrons. The van der Waals surface area contributed by atoms with E-state index in [1.54, 1.807) is 20.8 Å². The minimum Gasteiger partial charge on any atom is -0.479 e.